The summed E-state index contributed by atoms with van der Waals surface area (Å²) in [6, 6.07) is 2.29. The Morgan fingerprint density at radius 2 is 2.20 bits per heavy atom. The van der Waals surface area contributed by atoms with Crippen molar-refractivity contribution in [3.63, 3.8) is 0 Å². The molecule has 1 heterocycles. The van der Waals surface area contributed by atoms with Gasteiger partial charge in [-0.3, -0.25) is 19.7 Å². The van der Waals surface area contributed by atoms with Crippen molar-refractivity contribution in [2.75, 3.05) is 6.54 Å². The second-order valence-corrected chi connectivity index (χ2v) is 4.43. The van der Waals surface area contributed by atoms with Gasteiger partial charge in [-0.25, -0.2) is 4.39 Å². The minimum Gasteiger partial charge on any atom is -0.508 e. The van der Waals surface area contributed by atoms with Gasteiger partial charge in [0.05, 0.1) is 5.56 Å². The topological polar surface area (TPSA) is 86.7 Å². The molecule has 7 heteroatoms. The van der Waals surface area contributed by atoms with Crippen molar-refractivity contribution in [3.05, 3.63) is 29.6 Å². The summed E-state index contributed by atoms with van der Waals surface area (Å²) in [6.07, 6.45) is 0.310. The molecule has 0 spiro atoms. The molecule has 106 valence electrons. The molecular formula is C13H13FN2O4. The molecule has 1 unspecified atom stereocenters. The lowest BCUT2D eigenvalue weighted by atomic mass is 10.1. The summed E-state index contributed by atoms with van der Waals surface area (Å²) in [4.78, 5) is 36.3. The van der Waals surface area contributed by atoms with Gasteiger partial charge in [0, 0.05) is 6.07 Å². The second kappa shape index (κ2) is 5.28. The van der Waals surface area contributed by atoms with E-state index in [9.17, 15) is 18.8 Å². The summed E-state index contributed by atoms with van der Waals surface area (Å²) in [7, 11) is 0. The zero-order valence-electron chi connectivity index (χ0n) is 10.7. The molecule has 1 fully saturated rings. The number of benzene rings is 1. The summed E-state index contributed by atoms with van der Waals surface area (Å²) in [5.41, 5.74) is -0.288. The fourth-order valence-electron chi connectivity index (χ4n) is 2.12. The minimum absolute atomic E-state index is 0.288. The van der Waals surface area contributed by atoms with Gasteiger partial charge >= 0.3 is 0 Å². The quantitative estimate of drug-likeness (QED) is 0.768. The molecule has 0 bridgehead atoms. The van der Waals surface area contributed by atoms with E-state index in [4.69, 9.17) is 5.11 Å². The number of imide groups is 1. The van der Waals surface area contributed by atoms with E-state index in [1.54, 1.807) is 6.92 Å². The Morgan fingerprint density at radius 1 is 1.50 bits per heavy atom. The molecule has 1 aromatic carbocycles. The third-order valence-electron chi connectivity index (χ3n) is 3.09. The number of phenolic OH excluding ortho intramolecular Hbond substituents is 1. The predicted molar refractivity (Wildman–Crippen MR) is 66.3 cm³/mol. The maximum absolute atomic E-state index is 13.7. The highest BCUT2D eigenvalue weighted by Crippen LogP contribution is 2.19. The Morgan fingerprint density at radius 3 is 2.80 bits per heavy atom. The molecule has 1 aliphatic heterocycles. The monoisotopic (exact) mass is 280 g/mol. The summed E-state index contributed by atoms with van der Waals surface area (Å²) >= 11 is 0. The SMILES string of the molecule is CCC1C(=O)NC(=O)CN1C(=O)c1ccc(O)cc1F. The van der Waals surface area contributed by atoms with E-state index >= 15 is 0 Å². The third-order valence-corrected chi connectivity index (χ3v) is 3.09. The smallest absolute Gasteiger partial charge is 0.257 e. The zero-order valence-corrected chi connectivity index (χ0v) is 10.7. The van der Waals surface area contributed by atoms with E-state index in [-0.39, 0.29) is 17.9 Å². The molecule has 2 rings (SSSR count). The second-order valence-electron chi connectivity index (χ2n) is 4.43. The molecular weight excluding hydrogens is 267 g/mol. The third kappa shape index (κ3) is 2.47. The number of carbonyl (C=O) groups is 3. The molecule has 1 atom stereocenters. The largest absolute Gasteiger partial charge is 0.508 e. The van der Waals surface area contributed by atoms with Crippen LogP contribution in [0, 0.1) is 5.82 Å². The van der Waals surface area contributed by atoms with Crippen molar-refractivity contribution >= 4 is 17.7 Å². The first-order valence-corrected chi connectivity index (χ1v) is 6.07. The molecule has 1 aromatic rings. The number of hydrogen-bond acceptors (Lipinski definition) is 4. The number of amides is 3. The minimum atomic E-state index is -0.900. The molecule has 2 N–H and O–H groups in total. The van der Waals surface area contributed by atoms with Crippen LogP contribution in [-0.2, 0) is 9.59 Å². The number of nitrogens with one attached hydrogen (secondary N) is 1. The number of piperazine rings is 1. The number of carbonyl (C=O) groups excluding carboxylic acids is 3. The van der Waals surface area contributed by atoms with Crippen LogP contribution >= 0.6 is 0 Å². The van der Waals surface area contributed by atoms with E-state index in [0.29, 0.717) is 6.42 Å². The fourth-order valence-corrected chi connectivity index (χ4v) is 2.12. The number of aromatic hydroxyl groups is 1. The summed E-state index contributed by atoms with van der Waals surface area (Å²) in [6.45, 7) is 1.39. The molecule has 0 radical (unpaired) electrons. The average molecular weight is 280 g/mol. The van der Waals surface area contributed by atoms with Crippen LogP contribution in [0.2, 0.25) is 0 Å². The molecule has 3 amide bonds. The van der Waals surface area contributed by atoms with Gasteiger partial charge in [0.15, 0.2) is 0 Å². The maximum atomic E-state index is 13.7. The lowest BCUT2D eigenvalue weighted by Crippen LogP contribution is -2.59. The van der Waals surface area contributed by atoms with Crippen molar-refractivity contribution in [2.45, 2.75) is 19.4 Å². The van der Waals surface area contributed by atoms with Crippen molar-refractivity contribution < 1.29 is 23.9 Å². The van der Waals surface area contributed by atoms with Gasteiger partial charge in [-0.05, 0) is 18.6 Å². The average Bonchev–Trinajstić information content (AvgIpc) is 2.37. The normalized spacial score (nSPS) is 18.9. The number of rotatable bonds is 2. The Kier molecular flexibility index (Phi) is 3.69. The van der Waals surface area contributed by atoms with Gasteiger partial charge in [-0.15, -0.1) is 0 Å². The molecule has 0 aliphatic carbocycles. The van der Waals surface area contributed by atoms with Gasteiger partial charge in [0.2, 0.25) is 11.8 Å². The molecule has 0 aromatic heterocycles. The Balaban J connectivity index is 2.34. The van der Waals surface area contributed by atoms with Crippen molar-refractivity contribution in [3.8, 4) is 5.75 Å². The number of halogens is 1. The van der Waals surface area contributed by atoms with Gasteiger partial charge in [0.25, 0.3) is 5.91 Å². The van der Waals surface area contributed by atoms with E-state index in [2.05, 4.69) is 5.32 Å². The highest BCUT2D eigenvalue weighted by molar-refractivity contribution is 6.07. The first-order valence-electron chi connectivity index (χ1n) is 6.07. The first-order chi connectivity index (χ1) is 9.43. The van der Waals surface area contributed by atoms with Gasteiger partial charge in [0.1, 0.15) is 24.2 Å². The van der Waals surface area contributed by atoms with Crippen LogP contribution in [0.4, 0.5) is 4.39 Å². The molecule has 1 aliphatic rings. The van der Waals surface area contributed by atoms with Gasteiger partial charge in [-0.2, -0.15) is 0 Å². The van der Waals surface area contributed by atoms with Crippen LogP contribution in [0.25, 0.3) is 0 Å². The number of nitrogens with zero attached hydrogens (tertiary/aromatic N) is 1. The molecule has 20 heavy (non-hydrogen) atoms. The van der Waals surface area contributed by atoms with E-state index < -0.39 is 29.6 Å². The molecule has 6 nitrogen and oxygen atoms in total. The maximum Gasteiger partial charge on any atom is 0.257 e. The van der Waals surface area contributed by atoms with Crippen LogP contribution < -0.4 is 5.32 Å². The van der Waals surface area contributed by atoms with Gasteiger partial charge in [-0.1, -0.05) is 6.92 Å². The Hall–Kier alpha value is -2.44. The number of phenols is 1. The van der Waals surface area contributed by atoms with Crippen LogP contribution in [0.1, 0.15) is 23.7 Å². The highest BCUT2D eigenvalue weighted by Gasteiger charge is 2.36. The first kappa shape index (κ1) is 14.0. The standard InChI is InChI=1S/C13H13FN2O4/c1-2-10-12(19)15-11(18)6-16(10)13(20)8-4-3-7(17)5-9(8)14/h3-5,10,17H,2,6H2,1H3,(H,15,18,19). The van der Waals surface area contributed by atoms with Crippen molar-refractivity contribution in [1.29, 1.82) is 0 Å². The summed E-state index contributed by atoms with van der Waals surface area (Å²) in [5, 5.41) is 11.3. The predicted octanol–water partition coefficient (Wildman–Crippen LogP) is 0.408. The van der Waals surface area contributed by atoms with Crippen molar-refractivity contribution in [2.24, 2.45) is 0 Å². The van der Waals surface area contributed by atoms with Crippen LogP contribution in [-0.4, -0.2) is 40.3 Å². The number of hydrogen-bond donors (Lipinski definition) is 2. The van der Waals surface area contributed by atoms with E-state index in [1.165, 1.54) is 6.07 Å². The van der Waals surface area contributed by atoms with E-state index in [0.717, 1.165) is 17.0 Å². The lowest BCUT2D eigenvalue weighted by molar-refractivity contribution is -0.138. The van der Waals surface area contributed by atoms with Crippen LogP contribution in [0.15, 0.2) is 18.2 Å². The van der Waals surface area contributed by atoms with E-state index in [1.807, 2.05) is 0 Å². The molecule has 0 saturated carbocycles. The molecule has 1 saturated heterocycles. The summed E-state index contributed by atoms with van der Waals surface area (Å²) in [5.74, 6) is -3.14. The van der Waals surface area contributed by atoms with Crippen molar-refractivity contribution in [1.82, 2.24) is 10.2 Å². The van der Waals surface area contributed by atoms with Crippen LogP contribution in [0.5, 0.6) is 5.75 Å². The summed E-state index contributed by atoms with van der Waals surface area (Å²) < 4.78 is 13.7. The Bertz CT molecular complexity index is 588. The Labute approximate surface area is 114 Å². The lowest BCUT2D eigenvalue weighted by Gasteiger charge is -2.33. The zero-order chi connectivity index (χ0) is 14.9. The fraction of sp³-hybridized carbons (Fsp3) is 0.308. The highest BCUT2D eigenvalue weighted by atomic mass is 19.1. The van der Waals surface area contributed by atoms with Crippen LogP contribution in [0.3, 0.4) is 0 Å². The van der Waals surface area contributed by atoms with Gasteiger partial charge < -0.3 is 10.0 Å².